The van der Waals surface area contributed by atoms with Crippen LogP contribution in [0, 0.1) is 6.92 Å². The van der Waals surface area contributed by atoms with Crippen molar-refractivity contribution >= 4 is 17.3 Å². The van der Waals surface area contributed by atoms with Crippen LogP contribution >= 0.6 is 11.3 Å². The van der Waals surface area contributed by atoms with Gasteiger partial charge < -0.3 is 10.6 Å². The smallest absolute Gasteiger partial charge is 0.356 e. The second-order valence-electron chi connectivity index (χ2n) is 5.95. The van der Waals surface area contributed by atoms with Gasteiger partial charge in [0.05, 0.1) is 11.0 Å². The fourth-order valence-electron chi connectivity index (χ4n) is 2.81. The third-order valence-electron chi connectivity index (χ3n) is 3.99. The fraction of sp³-hybridized carbons (Fsp3) is 0.600. The lowest BCUT2D eigenvalue weighted by atomic mass is 10.1. The third-order valence-corrected chi connectivity index (χ3v) is 4.90. The first-order valence-corrected chi connectivity index (χ1v) is 9.15. The number of nitrogens with one attached hydrogen (secondary N) is 2. The summed E-state index contributed by atoms with van der Waals surface area (Å²) in [7, 11) is 1.65. The van der Waals surface area contributed by atoms with Gasteiger partial charge in [0.2, 0.25) is 0 Å². The molecule has 1 atom stereocenters. The van der Waals surface area contributed by atoms with Gasteiger partial charge in [-0.25, -0.2) is 14.6 Å². The molecule has 0 radical (unpaired) electrons. The van der Waals surface area contributed by atoms with Crippen molar-refractivity contribution in [3.05, 3.63) is 27.7 Å². The molecular weight excluding hydrogens is 367 g/mol. The van der Waals surface area contributed by atoms with E-state index in [9.17, 15) is 13.2 Å². The maximum absolute atomic E-state index is 12.6. The van der Waals surface area contributed by atoms with E-state index in [0.29, 0.717) is 23.9 Å². The Labute approximate surface area is 152 Å². The van der Waals surface area contributed by atoms with Crippen molar-refractivity contribution in [2.24, 2.45) is 4.99 Å². The van der Waals surface area contributed by atoms with E-state index in [4.69, 9.17) is 0 Å². The van der Waals surface area contributed by atoms with Crippen LogP contribution in [-0.2, 0) is 19.1 Å². The zero-order valence-corrected chi connectivity index (χ0v) is 15.3. The first-order chi connectivity index (χ1) is 12.4. The highest BCUT2D eigenvalue weighted by Crippen LogP contribution is 2.30. The molecule has 7 nitrogen and oxygen atoms in total. The number of fused-ring (bicyclic) bond motifs is 1. The van der Waals surface area contributed by atoms with Gasteiger partial charge in [-0.1, -0.05) is 0 Å². The van der Waals surface area contributed by atoms with Crippen molar-refractivity contribution in [1.29, 1.82) is 0 Å². The lowest BCUT2D eigenvalue weighted by molar-refractivity contribution is -0.140. The summed E-state index contributed by atoms with van der Waals surface area (Å²) in [6.07, 6.45) is -2.10. The Hall–Kier alpha value is -2.17. The summed E-state index contributed by atoms with van der Waals surface area (Å²) in [6.45, 7) is 3.15. The van der Waals surface area contributed by atoms with Crippen LogP contribution < -0.4 is 10.6 Å². The molecule has 3 heterocycles. The normalized spacial score (nSPS) is 17.9. The number of thiazole rings is 1. The maximum Gasteiger partial charge on any atom is 0.434 e. The summed E-state index contributed by atoms with van der Waals surface area (Å²) < 4.78 is 39.6. The molecule has 2 aromatic rings. The first-order valence-electron chi connectivity index (χ1n) is 8.27. The molecule has 1 unspecified atom stereocenters. The Morgan fingerprint density at radius 3 is 2.92 bits per heavy atom. The summed E-state index contributed by atoms with van der Waals surface area (Å²) in [6, 6.07) is 0.00726. The number of hydrogen-bond donors (Lipinski definition) is 2. The number of guanidine groups is 1. The Morgan fingerprint density at radius 1 is 1.42 bits per heavy atom. The number of nitrogens with zero attached hydrogens (tertiary/aromatic N) is 5. The number of aliphatic imine (C=N–C) groups is 1. The molecule has 0 aliphatic carbocycles. The second-order valence-corrected chi connectivity index (χ2v) is 6.90. The minimum atomic E-state index is -4.39. The van der Waals surface area contributed by atoms with E-state index in [1.165, 1.54) is 0 Å². The zero-order chi connectivity index (χ0) is 18.7. The topological polar surface area (TPSA) is 80.0 Å². The van der Waals surface area contributed by atoms with Gasteiger partial charge in [0, 0.05) is 31.9 Å². The molecule has 0 aromatic carbocycles. The lowest BCUT2D eigenvalue weighted by Crippen LogP contribution is -2.42. The van der Waals surface area contributed by atoms with E-state index < -0.39 is 11.9 Å². The number of aromatic nitrogens is 4. The molecule has 2 N–H and O–H groups in total. The molecule has 1 aliphatic heterocycles. The number of aryl methyl sites for hydroxylation is 2. The lowest BCUT2D eigenvalue weighted by Gasteiger charge is -2.24. The van der Waals surface area contributed by atoms with Crippen LogP contribution in [0.4, 0.5) is 13.2 Å². The van der Waals surface area contributed by atoms with Gasteiger partial charge in [-0.3, -0.25) is 4.99 Å². The molecule has 0 spiro atoms. The number of hydrogen-bond acceptors (Lipinski definition) is 5. The van der Waals surface area contributed by atoms with Crippen LogP contribution in [0.3, 0.4) is 0 Å². The van der Waals surface area contributed by atoms with Gasteiger partial charge in [-0.05, 0) is 19.8 Å². The molecule has 0 saturated carbocycles. The van der Waals surface area contributed by atoms with Crippen molar-refractivity contribution in [1.82, 2.24) is 30.4 Å². The highest BCUT2D eigenvalue weighted by atomic mass is 32.1. The van der Waals surface area contributed by atoms with Crippen molar-refractivity contribution in [2.75, 3.05) is 13.6 Å². The number of alkyl halides is 3. The number of rotatable bonds is 4. The average molecular weight is 387 g/mol. The van der Waals surface area contributed by atoms with Gasteiger partial charge >= 0.3 is 6.18 Å². The molecule has 0 fully saturated rings. The maximum atomic E-state index is 12.6. The summed E-state index contributed by atoms with van der Waals surface area (Å²) in [5, 5.41) is 12.3. The van der Waals surface area contributed by atoms with Crippen molar-refractivity contribution < 1.29 is 13.2 Å². The zero-order valence-electron chi connectivity index (χ0n) is 14.5. The van der Waals surface area contributed by atoms with E-state index in [0.717, 1.165) is 47.8 Å². The largest absolute Gasteiger partial charge is 0.434 e. The third kappa shape index (κ3) is 4.32. The Morgan fingerprint density at radius 2 is 2.23 bits per heavy atom. The average Bonchev–Trinajstić information content (AvgIpc) is 3.19. The van der Waals surface area contributed by atoms with Crippen LogP contribution in [0.1, 0.15) is 41.2 Å². The van der Waals surface area contributed by atoms with Crippen LogP contribution in [0.25, 0.3) is 0 Å². The predicted molar refractivity (Wildman–Crippen MR) is 92.1 cm³/mol. The SMILES string of the molecule is CN=C(NCCc1nc(C(F)(F)F)cs1)NC1CCCn2nc(C)nc21. The van der Waals surface area contributed by atoms with Gasteiger partial charge in [-0.2, -0.15) is 18.3 Å². The second kappa shape index (κ2) is 7.60. The highest BCUT2D eigenvalue weighted by Gasteiger charge is 2.33. The Kier molecular flexibility index (Phi) is 5.44. The quantitative estimate of drug-likeness (QED) is 0.622. The molecule has 11 heteroatoms. The monoisotopic (exact) mass is 387 g/mol. The van der Waals surface area contributed by atoms with E-state index in [-0.39, 0.29) is 6.04 Å². The van der Waals surface area contributed by atoms with Crippen molar-refractivity contribution in [3.8, 4) is 0 Å². The molecular formula is C15H20F3N7S. The molecule has 0 saturated heterocycles. The molecule has 1 aliphatic rings. The van der Waals surface area contributed by atoms with Crippen LogP contribution in [-0.4, -0.2) is 39.3 Å². The summed E-state index contributed by atoms with van der Waals surface area (Å²) in [5.74, 6) is 2.20. The molecule has 0 bridgehead atoms. The first kappa shape index (κ1) is 18.6. The molecule has 142 valence electrons. The van der Waals surface area contributed by atoms with Gasteiger partial charge in [0.25, 0.3) is 0 Å². The summed E-state index contributed by atoms with van der Waals surface area (Å²) >= 11 is 1.01. The van der Waals surface area contributed by atoms with Gasteiger partial charge in [0.15, 0.2) is 11.7 Å². The minimum absolute atomic E-state index is 0.00726. The summed E-state index contributed by atoms with van der Waals surface area (Å²) in [5.41, 5.74) is -0.836. The fourth-order valence-corrected chi connectivity index (χ4v) is 3.61. The molecule has 26 heavy (non-hydrogen) atoms. The molecule has 0 amide bonds. The Bertz CT molecular complexity index is 781. The molecule has 3 rings (SSSR count). The summed E-state index contributed by atoms with van der Waals surface area (Å²) in [4.78, 5) is 12.3. The van der Waals surface area contributed by atoms with E-state index in [1.54, 1.807) is 7.05 Å². The van der Waals surface area contributed by atoms with E-state index >= 15 is 0 Å². The highest BCUT2D eigenvalue weighted by molar-refractivity contribution is 7.09. The van der Waals surface area contributed by atoms with Crippen molar-refractivity contribution in [2.45, 2.75) is 44.9 Å². The van der Waals surface area contributed by atoms with Gasteiger partial charge in [0.1, 0.15) is 11.6 Å². The molecule has 2 aromatic heterocycles. The van der Waals surface area contributed by atoms with Gasteiger partial charge in [-0.15, -0.1) is 11.3 Å². The van der Waals surface area contributed by atoms with E-state index in [2.05, 4.69) is 30.7 Å². The van der Waals surface area contributed by atoms with Crippen molar-refractivity contribution in [3.63, 3.8) is 0 Å². The van der Waals surface area contributed by atoms with Crippen LogP contribution in [0.2, 0.25) is 0 Å². The predicted octanol–water partition coefficient (Wildman–Crippen LogP) is 2.30. The van der Waals surface area contributed by atoms with E-state index in [1.807, 2.05) is 11.6 Å². The minimum Gasteiger partial charge on any atom is -0.356 e. The van der Waals surface area contributed by atoms with Crippen LogP contribution in [0.5, 0.6) is 0 Å². The Balaban J connectivity index is 1.54. The number of halogens is 3. The standard InChI is InChI=1S/C15H20F3N7S/c1-9-21-13-10(4-3-7-25(13)24-9)22-14(19-2)20-6-5-12-23-11(8-26-12)15(16,17)18/h8,10H,3-7H2,1-2H3,(H2,19,20,22). The van der Waals surface area contributed by atoms with Crippen LogP contribution in [0.15, 0.2) is 10.4 Å².